The summed E-state index contributed by atoms with van der Waals surface area (Å²) in [5, 5.41) is 0.290. The summed E-state index contributed by atoms with van der Waals surface area (Å²) in [7, 11) is 0. The Bertz CT molecular complexity index is 295. The van der Waals surface area contributed by atoms with Gasteiger partial charge in [-0.05, 0) is 6.92 Å². The Hall–Kier alpha value is -1.23. The molecular weight excluding hydrogens is 178 g/mol. The maximum Gasteiger partial charge on any atom is 0.349 e. The van der Waals surface area contributed by atoms with Gasteiger partial charge in [0.1, 0.15) is 4.88 Å². The molecule has 5 heteroatoms. The van der Waals surface area contributed by atoms with Crippen LogP contribution in [0.25, 0.3) is 0 Å². The molecule has 0 aliphatic carbocycles. The monoisotopic (exact) mass is 185 g/mol. The fourth-order valence-electron chi connectivity index (χ4n) is 0.639. The van der Waals surface area contributed by atoms with Crippen molar-refractivity contribution in [3.8, 4) is 0 Å². The van der Waals surface area contributed by atoms with E-state index in [0.717, 1.165) is 11.3 Å². The van der Waals surface area contributed by atoms with Gasteiger partial charge in [-0.25, -0.2) is 9.78 Å². The SMILES string of the molecule is CCOC(=O)c1cnc(C=O)s1. The molecular formula is C7H7NO3S. The smallest absolute Gasteiger partial charge is 0.349 e. The minimum Gasteiger partial charge on any atom is -0.462 e. The van der Waals surface area contributed by atoms with Gasteiger partial charge in [-0.3, -0.25) is 4.79 Å². The second-order valence-corrected chi connectivity index (χ2v) is 2.96. The molecule has 0 unspecified atom stereocenters. The molecule has 0 aliphatic heterocycles. The highest BCUT2D eigenvalue weighted by molar-refractivity contribution is 7.15. The van der Waals surface area contributed by atoms with Crippen molar-refractivity contribution in [3.05, 3.63) is 16.1 Å². The van der Waals surface area contributed by atoms with Crippen LogP contribution >= 0.6 is 11.3 Å². The van der Waals surface area contributed by atoms with Gasteiger partial charge in [0.25, 0.3) is 0 Å². The molecule has 4 nitrogen and oxygen atoms in total. The summed E-state index contributed by atoms with van der Waals surface area (Å²) in [6, 6.07) is 0. The van der Waals surface area contributed by atoms with Gasteiger partial charge in [0.05, 0.1) is 12.8 Å². The molecule has 0 amide bonds. The second kappa shape index (κ2) is 3.96. The van der Waals surface area contributed by atoms with Crippen LogP contribution in [-0.2, 0) is 4.74 Å². The van der Waals surface area contributed by atoms with Gasteiger partial charge in [-0.1, -0.05) is 0 Å². The first-order valence-electron chi connectivity index (χ1n) is 3.36. The van der Waals surface area contributed by atoms with Crippen LogP contribution < -0.4 is 0 Å². The van der Waals surface area contributed by atoms with Crippen LogP contribution in [0.5, 0.6) is 0 Å². The van der Waals surface area contributed by atoms with Crippen LogP contribution in [0, 0.1) is 0 Å². The van der Waals surface area contributed by atoms with Gasteiger partial charge in [-0.15, -0.1) is 11.3 Å². The van der Waals surface area contributed by atoms with E-state index >= 15 is 0 Å². The lowest BCUT2D eigenvalue weighted by atomic mass is 10.6. The van der Waals surface area contributed by atoms with E-state index in [-0.39, 0.29) is 5.01 Å². The highest BCUT2D eigenvalue weighted by Crippen LogP contribution is 2.11. The molecule has 0 aliphatic rings. The lowest BCUT2D eigenvalue weighted by Crippen LogP contribution is -2.01. The van der Waals surface area contributed by atoms with Crippen molar-refractivity contribution < 1.29 is 14.3 Å². The van der Waals surface area contributed by atoms with E-state index in [1.807, 2.05) is 0 Å². The zero-order valence-electron chi connectivity index (χ0n) is 6.44. The maximum atomic E-state index is 11.0. The molecule has 0 saturated carbocycles. The molecule has 0 bridgehead atoms. The van der Waals surface area contributed by atoms with Crippen molar-refractivity contribution in [2.75, 3.05) is 6.61 Å². The molecule has 0 N–H and O–H groups in total. The lowest BCUT2D eigenvalue weighted by molar-refractivity contribution is 0.0531. The number of thiazole rings is 1. The summed E-state index contributed by atoms with van der Waals surface area (Å²) in [6.07, 6.45) is 1.94. The molecule has 1 aromatic heterocycles. The van der Waals surface area contributed by atoms with Gasteiger partial charge in [0.15, 0.2) is 11.3 Å². The molecule has 64 valence electrons. The van der Waals surface area contributed by atoms with Crippen molar-refractivity contribution in [1.82, 2.24) is 4.98 Å². The normalized spacial score (nSPS) is 9.42. The summed E-state index contributed by atoms with van der Waals surface area (Å²) >= 11 is 1.03. The number of carbonyl (C=O) groups is 2. The fraction of sp³-hybridized carbons (Fsp3) is 0.286. The van der Waals surface area contributed by atoms with E-state index < -0.39 is 5.97 Å². The van der Waals surface area contributed by atoms with Gasteiger partial charge in [0.2, 0.25) is 0 Å². The summed E-state index contributed by atoms with van der Waals surface area (Å²) in [5.41, 5.74) is 0. The molecule has 1 heterocycles. The van der Waals surface area contributed by atoms with Crippen molar-refractivity contribution in [3.63, 3.8) is 0 Å². The summed E-state index contributed by atoms with van der Waals surface area (Å²) < 4.78 is 4.70. The molecule has 1 rings (SSSR count). The number of hydrogen-bond donors (Lipinski definition) is 0. The quantitative estimate of drug-likeness (QED) is 0.523. The Balaban J connectivity index is 2.74. The molecule has 0 saturated heterocycles. The number of hydrogen-bond acceptors (Lipinski definition) is 5. The predicted molar refractivity (Wildman–Crippen MR) is 43.5 cm³/mol. The van der Waals surface area contributed by atoms with E-state index in [1.165, 1.54) is 6.20 Å². The lowest BCUT2D eigenvalue weighted by Gasteiger charge is -1.95. The van der Waals surface area contributed by atoms with Crippen LogP contribution in [0.1, 0.15) is 26.4 Å². The molecule has 1 aromatic rings. The average Bonchev–Trinajstić information content (AvgIpc) is 2.52. The van der Waals surface area contributed by atoms with Crippen LogP contribution in [0.15, 0.2) is 6.20 Å². The molecule has 0 aromatic carbocycles. The third kappa shape index (κ3) is 1.88. The van der Waals surface area contributed by atoms with Crippen molar-refractivity contribution in [1.29, 1.82) is 0 Å². The number of aldehydes is 1. The Labute approximate surface area is 73.2 Å². The van der Waals surface area contributed by atoms with Crippen LogP contribution in [0.2, 0.25) is 0 Å². The minimum absolute atomic E-state index is 0.290. The van der Waals surface area contributed by atoms with E-state index in [2.05, 4.69) is 4.98 Å². The van der Waals surface area contributed by atoms with Gasteiger partial charge < -0.3 is 4.74 Å². The Kier molecular flexibility index (Phi) is 2.93. The van der Waals surface area contributed by atoms with Gasteiger partial charge in [-0.2, -0.15) is 0 Å². The predicted octanol–water partition coefficient (Wildman–Crippen LogP) is 1.13. The van der Waals surface area contributed by atoms with E-state index in [1.54, 1.807) is 6.92 Å². The number of aromatic nitrogens is 1. The summed E-state index contributed by atoms with van der Waals surface area (Å²) in [6.45, 7) is 2.05. The first-order chi connectivity index (χ1) is 5.77. The number of nitrogens with zero attached hydrogens (tertiary/aromatic N) is 1. The summed E-state index contributed by atoms with van der Waals surface area (Å²) in [5.74, 6) is -0.428. The van der Waals surface area contributed by atoms with Crippen molar-refractivity contribution >= 4 is 23.6 Å². The summed E-state index contributed by atoms with van der Waals surface area (Å²) in [4.78, 5) is 25.3. The highest BCUT2D eigenvalue weighted by Gasteiger charge is 2.10. The van der Waals surface area contributed by atoms with Crippen LogP contribution in [0.3, 0.4) is 0 Å². The zero-order valence-corrected chi connectivity index (χ0v) is 7.26. The van der Waals surface area contributed by atoms with Gasteiger partial charge >= 0.3 is 5.97 Å². The van der Waals surface area contributed by atoms with Crippen molar-refractivity contribution in [2.24, 2.45) is 0 Å². The number of carbonyl (C=O) groups excluding carboxylic acids is 2. The Morgan fingerprint density at radius 2 is 2.58 bits per heavy atom. The largest absolute Gasteiger partial charge is 0.462 e. The third-order valence-corrected chi connectivity index (χ3v) is 2.00. The van der Waals surface area contributed by atoms with Gasteiger partial charge in [0, 0.05) is 0 Å². The number of rotatable bonds is 3. The molecule has 0 atom stereocenters. The van der Waals surface area contributed by atoms with Crippen LogP contribution in [0.4, 0.5) is 0 Å². The van der Waals surface area contributed by atoms with E-state index in [9.17, 15) is 9.59 Å². The molecule has 0 spiro atoms. The minimum atomic E-state index is -0.428. The molecule has 0 fully saturated rings. The number of ether oxygens (including phenoxy) is 1. The first-order valence-corrected chi connectivity index (χ1v) is 4.17. The fourth-order valence-corrected chi connectivity index (χ4v) is 1.27. The van der Waals surface area contributed by atoms with E-state index in [4.69, 9.17) is 4.74 Å². The van der Waals surface area contributed by atoms with E-state index in [0.29, 0.717) is 17.8 Å². The Morgan fingerprint density at radius 3 is 3.08 bits per heavy atom. The second-order valence-electron chi connectivity index (χ2n) is 1.90. The zero-order chi connectivity index (χ0) is 8.97. The molecule has 0 radical (unpaired) electrons. The number of esters is 1. The maximum absolute atomic E-state index is 11.0. The van der Waals surface area contributed by atoms with Crippen molar-refractivity contribution in [2.45, 2.75) is 6.92 Å². The average molecular weight is 185 g/mol. The third-order valence-electron chi connectivity index (χ3n) is 1.10. The Morgan fingerprint density at radius 1 is 1.83 bits per heavy atom. The standard InChI is InChI=1S/C7H7NO3S/c1-2-11-7(10)5-3-8-6(4-9)12-5/h3-4H,2H2,1H3. The van der Waals surface area contributed by atoms with Crippen LogP contribution in [-0.4, -0.2) is 23.8 Å². The molecule has 12 heavy (non-hydrogen) atoms. The topological polar surface area (TPSA) is 56.3 Å². The highest BCUT2D eigenvalue weighted by atomic mass is 32.1. The first kappa shape index (κ1) is 8.86.